The zero-order chi connectivity index (χ0) is 25.6. The highest BCUT2D eigenvalue weighted by atomic mass is 16.5. The Labute approximate surface area is 211 Å². The van der Waals surface area contributed by atoms with Gasteiger partial charge in [0.1, 0.15) is 36.6 Å². The Kier molecular flexibility index (Phi) is 9.75. The van der Waals surface area contributed by atoms with Gasteiger partial charge in [0.15, 0.2) is 0 Å². The minimum atomic E-state index is 0.828. The molecule has 0 aliphatic carbocycles. The molecule has 4 nitrogen and oxygen atoms in total. The number of carbonyl (C=O) groups is 2. The highest BCUT2D eigenvalue weighted by Gasteiger charge is 2.03. The molecule has 0 saturated heterocycles. The third kappa shape index (κ3) is 7.02. The van der Waals surface area contributed by atoms with E-state index in [1.165, 1.54) is 11.1 Å². The van der Waals surface area contributed by atoms with Gasteiger partial charge in [-0.15, -0.1) is 0 Å². The van der Waals surface area contributed by atoms with E-state index in [-0.39, 0.29) is 0 Å². The lowest BCUT2D eigenvalue weighted by atomic mass is 10.0. The monoisotopic (exact) mass is 474 g/mol. The highest BCUT2D eigenvalue weighted by Crippen LogP contribution is 2.29. The number of ether oxygens (including phenoxy) is 2. The van der Waals surface area contributed by atoms with Gasteiger partial charge in [-0.05, 0) is 70.8 Å². The Morgan fingerprint density at radius 3 is 0.806 bits per heavy atom. The predicted molar refractivity (Wildman–Crippen MR) is 145 cm³/mol. The zero-order valence-electron chi connectivity index (χ0n) is 19.7. The van der Waals surface area contributed by atoms with E-state index in [9.17, 15) is 0 Å². The van der Waals surface area contributed by atoms with Crippen molar-refractivity contribution in [2.45, 2.75) is 0 Å². The summed E-state index contributed by atoms with van der Waals surface area (Å²) in [7, 11) is 0. The van der Waals surface area contributed by atoms with E-state index in [2.05, 4.69) is 48.5 Å². The third-order valence-corrected chi connectivity index (χ3v) is 5.22. The van der Waals surface area contributed by atoms with Crippen molar-refractivity contribution in [2.75, 3.05) is 0 Å². The van der Waals surface area contributed by atoms with Gasteiger partial charge in [0.05, 0.1) is 0 Å². The largest absolute Gasteiger partial charge is 0.457 e. The number of benzene rings is 5. The first kappa shape index (κ1) is 25.7. The molecule has 36 heavy (non-hydrogen) atoms. The van der Waals surface area contributed by atoms with Crippen molar-refractivity contribution in [1.29, 1.82) is 0 Å². The molecule has 0 fully saturated rings. The third-order valence-electron chi connectivity index (χ3n) is 5.22. The molecule has 5 aromatic carbocycles. The summed E-state index contributed by atoms with van der Waals surface area (Å²) < 4.78 is 11.8. The molecule has 0 spiro atoms. The molecule has 0 atom stereocenters. The smallest absolute Gasteiger partial charge is 0.127 e. The molecule has 0 N–H and O–H groups in total. The fourth-order valence-corrected chi connectivity index (χ4v) is 3.54. The van der Waals surface area contributed by atoms with Crippen molar-refractivity contribution >= 4 is 13.6 Å². The summed E-state index contributed by atoms with van der Waals surface area (Å²) in [5, 5.41) is 0. The van der Waals surface area contributed by atoms with Crippen molar-refractivity contribution in [3.8, 4) is 45.3 Å². The molecule has 178 valence electrons. The molecule has 0 radical (unpaired) electrons. The fourth-order valence-electron chi connectivity index (χ4n) is 3.54. The molecule has 4 heteroatoms. The lowest BCUT2D eigenvalue weighted by Crippen LogP contribution is -1.85. The van der Waals surface area contributed by atoms with Crippen LogP contribution in [0.15, 0.2) is 133 Å². The maximum Gasteiger partial charge on any atom is 0.127 e. The number of para-hydroxylation sites is 2. The van der Waals surface area contributed by atoms with E-state index in [1.54, 1.807) is 0 Å². The molecule has 5 aromatic rings. The zero-order valence-corrected chi connectivity index (χ0v) is 19.7. The molecule has 0 bridgehead atoms. The van der Waals surface area contributed by atoms with Crippen LogP contribution < -0.4 is 9.47 Å². The van der Waals surface area contributed by atoms with Crippen LogP contribution in [-0.4, -0.2) is 13.6 Å². The van der Waals surface area contributed by atoms with Crippen LogP contribution in [-0.2, 0) is 9.59 Å². The second-order valence-corrected chi connectivity index (χ2v) is 7.46. The van der Waals surface area contributed by atoms with E-state index in [0.717, 1.165) is 34.1 Å². The quantitative estimate of drug-likeness (QED) is 0.249. The summed E-state index contributed by atoms with van der Waals surface area (Å²) in [6, 6.07) is 44.6. The Bertz CT molecular complexity index is 1190. The van der Waals surface area contributed by atoms with E-state index in [4.69, 9.17) is 19.1 Å². The number of hydrogen-bond acceptors (Lipinski definition) is 4. The molecule has 0 aliphatic rings. The maximum atomic E-state index is 8.00. The van der Waals surface area contributed by atoms with Gasteiger partial charge in [-0.3, -0.25) is 0 Å². The van der Waals surface area contributed by atoms with Crippen LogP contribution >= 0.6 is 0 Å². The van der Waals surface area contributed by atoms with Gasteiger partial charge in [-0.1, -0.05) is 84.9 Å². The first-order valence-electron chi connectivity index (χ1n) is 11.2. The molecule has 0 aromatic heterocycles. The Morgan fingerprint density at radius 2 is 0.528 bits per heavy atom. The summed E-state index contributed by atoms with van der Waals surface area (Å²) in [5.41, 5.74) is 4.65. The van der Waals surface area contributed by atoms with Crippen LogP contribution in [0.25, 0.3) is 22.3 Å². The van der Waals surface area contributed by atoms with Gasteiger partial charge >= 0.3 is 0 Å². The number of rotatable bonds is 6. The number of hydrogen-bond donors (Lipinski definition) is 0. The van der Waals surface area contributed by atoms with Gasteiger partial charge in [0.2, 0.25) is 0 Å². The van der Waals surface area contributed by atoms with Crippen molar-refractivity contribution in [1.82, 2.24) is 0 Å². The Morgan fingerprint density at radius 1 is 0.306 bits per heavy atom. The highest BCUT2D eigenvalue weighted by molar-refractivity contribution is 5.71. The number of carbonyl (C=O) groups excluding carboxylic acids is 2. The average Bonchev–Trinajstić information content (AvgIpc) is 2.97. The van der Waals surface area contributed by atoms with E-state index in [0.29, 0.717) is 0 Å². The lowest BCUT2D eigenvalue weighted by Gasteiger charge is -2.09. The Hall–Kier alpha value is -4.96. The van der Waals surface area contributed by atoms with Gasteiger partial charge in [-0.2, -0.15) is 0 Å². The molecule has 0 saturated carbocycles. The minimum absolute atomic E-state index is 0.828. The van der Waals surface area contributed by atoms with Gasteiger partial charge in [-0.25, -0.2) is 0 Å². The summed E-state index contributed by atoms with van der Waals surface area (Å²) in [6.45, 7) is 4.00. The van der Waals surface area contributed by atoms with Crippen LogP contribution in [0.4, 0.5) is 0 Å². The molecular formula is C32H26O4. The summed E-state index contributed by atoms with van der Waals surface area (Å²) in [6.07, 6.45) is 0. The molecular weight excluding hydrogens is 448 g/mol. The van der Waals surface area contributed by atoms with Crippen LogP contribution in [0.3, 0.4) is 0 Å². The van der Waals surface area contributed by atoms with Crippen LogP contribution in [0.1, 0.15) is 0 Å². The summed E-state index contributed by atoms with van der Waals surface area (Å²) >= 11 is 0. The van der Waals surface area contributed by atoms with Crippen LogP contribution in [0, 0.1) is 0 Å². The summed E-state index contributed by atoms with van der Waals surface area (Å²) in [5.74, 6) is 3.33. The van der Waals surface area contributed by atoms with Gasteiger partial charge in [0, 0.05) is 0 Å². The first-order valence-corrected chi connectivity index (χ1v) is 11.2. The molecule has 0 aliphatic heterocycles. The molecule has 0 amide bonds. The van der Waals surface area contributed by atoms with Crippen molar-refractivity contribution < 1.29 is 19.1 Å². The maximum absolute atomic E-state index is 8.00. The molecule has 0 unspecified atom stereocenters. The van der Waals surface area contributed by atoms with E-state index < -0.39 is 0 Å². The van der Waals surface area contributed by atoms with Gasteiger partial charge < -0.3 is 19.1 Å². The minimum Gasteiger partial charge on any atom is -0.457 e. The molecule has 5 rings (SSSR count). The van der Waals surface area contributed by atoms with E-state index in [1.807, 2.05) is 98.5 Å². The van der Waals surface area contributed by atoms with Crippen molar-refractivity contribution in [3.63, 3.8) is 0 Å². The SMILES string of the molecule is C=O.C=O.c1ccc(Oc2ccc(-c3ccc(-c4ccc(Oc5ccccc5)cc4)cc3)cc2)cc1. The van der Waals surface area contributed by atoms with Crippen molar-refractivity contribution in [3.05, 3.63) is 133 Å². The molecule has 0 heterocycles. The van der Waals surface area contributed by atoms with Gasteiger partial charge in [0.25, 0.3) is 0 Å². The summed E-state index contributed by atoms with van der Waals surface area (Å²) in [4.78, 5) is 16.0. The predicted octanol–water partition coefficient (Wildman–Crippen LogP) is 8.24. The second kappa shape index (κ2) is 13.7. The van der Waals surface area contributed by atoms with Crippen molar-refractivity contribution in [2.24, 2.45) is 0 Å². The Balaban J connectivity index is 0.000000861. The van der Waals surface area contributed by atoms with E-state index >= 15 is 0 Å². The standard InChI is InChI=1S/C30H22O2.2CH2O/c1-3-7-27(8-4-1)31-29-19-15-25(16-20-29)23-11-13-24(14-12-23)26-17-21-30(22-18-26)32-28-9-5-2-6-10-28;2*1-2/h1-22H;2*1H2. The average molecular weight is 475 g/mol. The van der Waals surface area contributed by atoms with Crippen LogP contribution in [0.2, 0.25) is 0 Å². The fraction of sp³-hybridized carbons (Fsp3) is 0. The lowest BCUT2D eigenvalue weighted by molar-refractivity contribution is -0.0987. The normalized spacial score (nSPS) is 9.56. The second-order valence-electron chi connectivity index (χ2n) is 7.46. The topological polar surface area (TPSA) is 52.6 Å². The van der Waals surface area contributed by atoms with Crippen LogP contribution in [0.5, 0.6) is 23.0 Å². The first-order chi connectivity index (χ1) is 17.8.